The number of benzene rings is 1. The molecular formula is C9H13NO2S. The van der Waals surface area contributed by atoms with Gasteiger partial charge in [0.25, 0.3) is 0 Å². The van der Waals surface area contributed by atoms with Crippen LogP contribution in [0.5, 0.6) is 0 Å². The molecule has 1 rings (SSSR count). The van der Waals surface area contributed by atoms with Crippen LogP contribution in [0.25, 0.3) is 0 Å². The van der Waals surface area contributed by atoms with Gasteiger partial charge >= 0.3 is 0 Å². The van der Waals surface area contributed by atoms with Crippen molar-refractivity contribution in [2.75, 3.05) is 0 Å². The molecule has 0 saturated carbocycles. The smallest absolute Gasteiger partial charge is 0.225 e. The van der Waals surface area contributed by atoms with Crippen LogP contribution in [0.3, 0.4) is 0 Å². The summed E-state index contributed by atoms with van der Waals surface area (Å²) in [6, 6.07) is 6.80. The molecule has 4 heteroatoms. The minimum atomic E-state index is -3.58. The molecule has 1 aromatic carbocycles. The Morgan fingerprint density at radius 2 is 1.77 bits per heavy atom. The van der Waals surface area contributed by atoms with Crippen LogP contribution in [-0.4, -0.2) is 8.42 Å². The van der Waals surface area contributed by atoms with Crippen molar-refractivity contribution in [1.82, 2.24) is 0 Å². The summed E-state index contributed by atoms with van der Waals surface area (Å²) in [5.74, 6) is 0.162. The van der Waals surface area contributed by atoms with E-state index in [9.17, 15) is 8.42 Å². The van der Waals surface area contributed by atoms with Crippen LogP contribution in [0.15, 0.2) is 29.2 Å². The van der Waals surface area contributed by atoms with Gasteiger partial charge in [-0.05, 0) is 17.5 Å². The fourth-order valence-corrected chi connectivity index (χ4v) is 2.12. The van der Waals surface area contributed by atoms with Crippen LogP contribution < -0.4 is 5.14 Å². The predicted molar refractivity (Wildman–Crippen MR) is 51.9 cm³/mol. The Balaban J connectivity index is 3.37. The number of primary sulfonamides is 1. The van der Waals surface area contributed by atoms with Gasteiger partial charge in [-0.3, -0.25) is 0 Å². The number of sulfonamides is 1. The van der Waals surface area contributed by atoms with Crippen molar-refractivity contribution in [3.63, 3.8) is 0 Å². The van der Waals surface area contributed by atoms with E-state index in [-0.39, 0.29) is 10.8 Å². The van der Waals surface area contributed by atoms with Gasteiger partial charge in [-0.1, -0.05) is 32.0 Å². The van der Waals surface area contributed by atoms with E-state index in [4.69, 9.17) is 5.14 Å². The summed E-state index contributed by atoms with van der Waals surface area (Å²) in [6.07, 6.45) is 0. The van der Waals surface area contributed by atoms with Crippen molar-refractivity contribution in [1.29, 1.82) is 0 Å². The SMILES string of the molecule is CC(C)c1ccccc1S(N)(=O)=O. The molecule has 0 bridgehead atoms. The molecule has 0 aliphatic rings. The standard InChI is InChI=1S/C9H13NO2S/c1-7(2)8-5-3-4-6-9(8)13(10,11)12/h3-7H,1-2H3,(H2,10,11,12). The second-order valence-electron chi connectivity index (χ2n) is 3.24. The zero-order valence-electron chi connectivity index (χ0n) is 7.69. The average molecular weight is 199 g/mol. The first-order valence-corrected chi connectivity index (χ1v) is 5.59. The Hall–Kier alpha value is -0.870. The first-order valence-electron chi connectivity index (χ1n) is 4.04. The highest BCUT2D eigenvalue weighted by molar-refractivity contribution is 7.89. The Labute approximate surface area is 78.6 Å². The van der Waals surface area contributed by atoms with Crippen molar-refractivity contribution in [3.8, 4) is 0 Å². The maximum atomic E-state index is 11.1. The molecule has 0 spiro atoms. The monoisotopic (exact) mass is 199 g/mol. The molecule has 2 N–H and O–H groups in total. The topological polar surface area (TPSA) is 60.2 Å². The van der Waals surface area contributed by atoms with E-state index in [0.29, 0.717) is 0 Å². The molecule has 0 aliphatic carbocycles. The van der Waals surface area contributed by atoms with Crippen LogP contribution >= 0.6 is 0 Å². The quantitative estimate of drug-likeness (QED) is 0.783. The highest BCUT2D eigenvalue weighted by Gasteiger charge is 2.14. The zero-order valence-corrected chi connectivity index (χ0v) is 8.51. The van der Waals surface area contributed by atoms with E-state index >= 15 is 0 Å². The van der Waals surface area contributed by atoms with Crippen LogP contribution in [0.1, 0.15) is 25.3 Å². The molecule has 72 valence electrons. The lowest BCUT2D eigenvalue weighted by Crippen LogP contribution is -2.14. The van der Waals surface area contributed by atoms with Crippen LogP contribution in [-0.2, 0) is 10.0 Å². The van der Waals surface area contributed by atoms with Gasteiger partial charge in [0.05, 0.1) is 4.90 Å². The summed E-state index contributed by atoms with van der Waals surface area (Å²) in [5.41, 5.74) is 0.769. The van der Waals surface area contributed by atoms with Crippen molar-refractivity contribution >= 4 is 10.0 Å². The van der Waals surface area contributed by atoms with Crippen LogP contribution in [0.2, 0.25) is 0 Å². The Bertz CT molecular complexity index is 396. The third kappa shape index (κ3) is 2.29. The molecule has 0 aliphatic heterocycles. The first-order chi connectivity index (χ1) is 5.93. The summed E-state index contributed by atoms with van der Waals surface area (Å²) in [4.78, 5) is 0.227. The third-order valence-corrected chi connectivity index (χ3v) is 2.83. The molecule has 0 heterocycles. The van der Waals surface area contributed by atoms with E-state index < -0.39 is 10.0 Å². The fraction of sp³-hybridized carbons (Fsp3) is 0.333. The summed E-state index contributed by atoms with van der Waals surface area (Å²) in [6.45, 7) is 3.87. The van der Waals surface area contributed by atoms with Gasteiger partial charge in [-0.15, -0.1) is 0 Å². The van der Waals surface area contributed by atoms with Gasteiger partial charge in [0.1, 0.15) is 0 Å². The Kier molecular flexibility index (Phi) is 2.73. The van der Waals surface area contributed by atoms with E-state index in [2.05, 4.69) is 0 Å². The molecule has 13 heavy (non-hydrogen) atoms. The highest BCUT2D eigenvalue weighted by atomic mass is 32.2. The highest BCUT2D eigenvalue weighted by Crippen LogP contribution is 2.21. The van der Waals surface area contributed by atoms with Crippen LogP contribution in [0, 0.1) is 0 Å². The van der Waals surface area contributed by atoms with E-state index in [1.54, 1.807) is 12.1 Å². The maximum Gasteiger partial charge on any atom is 0.238 e. The lowest BCUT2D eigenvalue weighted by Gasteiger charge is -2.09. The number of hydrogen-bond donors (Lipinski definition) is 1. The van der Waals surface area contributed by atoms with Crippen molar-refractivity contribution < 1.29 is 8.42 Å². The molecule has 0 aromatic heterocycles. The third-order valence-electron chi connectivity index (χ3n) is 1.85. The molecule has 0 amide bonds. The largest absolute Gasteiger partial charge is 0.238 e. The second kappa shape index (κ2) is 3.47. The molecule has 0 saturated heterocycles. The molecule has 0 unspecified atom stereocenters. The summed E-state index contributed by atoms with van der Waals surface area (Å²) in [5, 5.41) is 5.07. The minimum Gasteiger partial charge on any atom is -0.225 e. The van der Waals surface area contributed by atoms with Crippen molar-refractivity contribution in [2.24, 2.45) is 5.14 Å². The predicted octanol–water partition coefficient (Wildman–Crippen LogP) is 1.46. The van der Waals surface area contributed by atoms with Gasteiger partial charge in [-0.2, -0.15) is 0 Å². The van der Waals surface area contributed by atoms with Gasteiger partial charge in [0.2, 0.25) is 10.0 Å². The Morgan fingerprint density at radius 1 is 1.23 bits per heavy atom. The lowest BCUT2D eigenvalue weighted by atomic mass is 10.0. The molecule has 0 fully saturated rings. The normalized spacial score (nSPS) is 12.0. The Morgan fingerprint density at radius 3 is 2.15 bits per heavy atom. The molecular weight excluding hydrogens is 186 g/mol. The number of rotatable bonds is 2. The fourth-order valence-electron chi connectivity index (χ4n) is 1.22. The summed E-state index contributed by atoms with van der Waals surface area (Å²) < 4.78 is 22.3. The maximum absolute atomic E-state index is 11.1. The van der Waals surface area contributed by atoms with E-state index in [0.717, 1.165) is 5.56 Å². The van der Waals surface area contributed by atoms with Gasteiger partial charge in [0, 0.05) is 0 Å². The summed E-state index contributed by atoms with van der Waals surface area (Å²) >= 11 is 0. The lowest BCUT2D eigenvalue weighted by molar-refractivity contribution is 0.595. The van der Waals surface area contributed by atoms with Crippen molar-refractivity contribution in [3.05, 3.63) is 29.8 Å². The molecule has 1 aromatic rings. The first kappa shape index (κ1) is 10.2. The second-order valence-corrected chi connectivity index (χ2v) is 4.77. The van der Waals surface area contributed by atoms with Gasteiger partial charge in [-0.25, -0.2) is 13.6 Å². The number of hydrogen-bond acceptors (Lipinski definition) is 2. The van der Waals surface area contributed by atoms with Gasteiger partial charge in [0.15, 0.2) is 0 Å². The van der Waals surface area contributed by atoms with E-state index in [1.807, 2.05) is 19.9 Å². The van der Waals surface area contributed by atoms with Crippen LogP contribution in [0.4, 0.5) is 0 Å². The molecule has 3 nitrogen and oxygen atoms in total. The zero-order chi connectivity index (χ0) is 10.1. The number of nitrogens with two attached hydrogens (primary N) is 1. The van der Waals surface area contributed by atoms with E-state index in [1.165, 1.54) is 6.07 Å². The molecule has 0 atom stereocenters. The molecule has 0 radical (unpaired) electrons. The minimum absolute atomic E-state index is 0.162. The van der Waals surface area contributed by atoms with Gasteiger partial charge < -0.3 is 0 Å². The average Bonchev–Trinajstić information content (AvgIpc) is 2.03. The van der Waals surface area contributed by atoms with Crippen molar-refractivity contribution in [2.45, 2.75) is 24.7 Å². The summed E-state index contributed by atoms with van der Waals surface area (Å²) in [7, 11) is -3.58.